The number of hydrogen-bond donors (Lipinski definition) is 0. The summed E-state index contributed by atoms with van der Waals surface area (Å²) in [6, 6.07) is 15.4. The third kappa shape index (κ3) is 3.69. The molecular formula is C27H30ClN. The molecule has 2 aromatic carbocycles. The second-order valence-corrected chi connectivity index (χ2v) is 9.43. The number of hydrogen-bond acceptors (Lipinski definition) is 1. The summed E-state index contributed by atoms with van der Waals surface area (Å²) in [4.78, 5) is 1.98. The fourth-order valence-electron chi connectivity index (χ4n) is 4.64. The maximum atomic E-state index is 7.24. The van der Waals surface area contributed by atoms with Crippen molar-refractivity contribution < 1.29 is 0 Å². The van der Waals surface area contributed by atoms with Crippen LogP contribution in [-0.2, 0) is 0 Å². The Morgan fingerprint density at radius 3 is 2.45 bits per heavy atom. The van der Waals surface area contributed by atoms with Gasteiger partial charge in [-0.15, -0.1) is 11.6 Å². The zero-order valence-corrected chi connectivity index (χ0v) is 18.7. The Morgan fingerprint density at radius 1 is 1.03 bits per heavy atom. The molecule has 2 aromatic rings. The fraction of sp³-hybridized carbons (Fsp3) is 0.333. The number of allylic oxidation sites excluding steroid dienone is 2. The minimum atomic E-state index is -0.353. The highest BCUT2D eigenvalue weighted by atomic mass is 35.5. The highest BCUT2D eigenvalue weighted by Crippen LogP contribution is 2.47. The Hall–Kier alpha value is -2.25. The largest absolute Gasteiger partial charge is 0.366 e. The molecule has 0 aromatic heterocycles. The van der Waals surface area contributed by atoms with Crippen LogP contribution in [0.3, 0.4) is 0 Å². The van der Waals surface area contributed by atoms with Crippen LogP contribution >= 0.6 is 11.6 Å². The van der Waals surface area contributed by atoms with E-state index in [0.717, 1.165) is 25.2 Å². The average molecular weight is 404 g/mol. The van der Waals surface area contributed by atoms with Gasteiger partial charge in [0.2, 0.25) is 0 Å². The molecule has 150 valence electrons. The number of aryl methyl sites for hydroxylation is 3. The van der Waals surface area contributed by atoms with E-state index in [1.807, 2.05) is 0 Å². The van der Waals surface area contributed by atoms with E-state index in [1.54, 1.807) is 0 Å². The first-order valence-corrected chi connectivity index (χ1v) is 10.8. The van der Waals surface area contributed by atoms with Crippen LogP contribution in [-0.4, -0.2) is 22.9 Å². The first kappa shape index (κ1) is 20.0. The molecule has 1 aliphatic carbocycles. The molecule has 2 heteroatoms. The summed E-state index contributed by atoms with van der Waals surface area (Å²) >= 11 is 7.24. The summed E-state index contributed by atoms with van der Waals surface area (Å²) in [5.74, 6) is 0.334. The van der Waals surface area contributed by atoms with Crippen LogP contribution in [0.15, 0.2) is 66.8 Å². The smallest absolute Gasteiger partial charge is 0.0870 e. The van der Waals surface area contributed by atoms with Crippen molar-refractivity contribution in [3.8, 4) is 0 Å². The van der Waals surface area contributed by atoms with E-state index in [-0.39, 0.29) is 4.87 Å². The number of alkyl halides is 1. The molecule has 1 heterocycles. The Bertz CT molecular complexity index is 1010. The van der Waals surface area contributed by atoms with Gasteiger partial charge in [0.15, 0.2) is 0 Å². The van der Waals surface area contributed by atoms with Crippen molar-refractivity contribution in [3.05, 3.63) is 94.6 Å². The molecule has 2 aliphatic rings. The average Bonchev–Trinajstić information content (AvgIpc) is 2.70. The third-order valence-electron chi connectivity index (χ3n) is 6.68. The van der Waals surface area contributed by atoms with Gasteiger partial charge in [-0.3, -0.25) is 0 Å². The summed E-state index contributed by atoms with van der Waals surface area (Å²) in [7, 11) is 0. The van der Waals surface area contributed by atoms with E-state index in [0.29, 0.717) is 5.92 Å². The van der Waals surface area contributed by atoms with Crippen molar-refractivity contribution in [3.63, 3.8) is 0 Å². The number of benzene rings is 2. The molecule has 1 aliphatic heterocycles. The van der Waals surface area contributed by atoms with Crippen LogP contribution in [0.5, 0.6) is 0 Å². The molecule has 0 fully saturated rings. The van der Waals surface area contributed by atoms with Gasteiger partial charge < -0.3 is 4.90 Å². The van der Waals surface area contributed by atoms with Gasteiger partial charge in [-0.2, -0.15) is 0 Å². The fourth-order valence-corrected chi connectivity index (χ4v) is 5.10. The maximum absolute atomic E-state index is 7.24. The molecule has 0 radical (unpaired) electrons. The highest BCUT2D eigenvalue weighted by Gasteiger charge is 2.42. The number of fused-ring (bicyclic) bond motifs is 1. The van der Waals surface area contributed by atoms with Crippen LogP contribution in [0.1, 0.15) is 41.2 Å². The van der Waals surface area contributed by atoms with E-state index in [4.69, 9.17) is 11.6 Å². The van der Waals surface area contributed by atoms with Crippen molar-refractivity contribution in [1.82, 2.24) is 4.90 Å². The number of nitrogens with zero attached hydrogens (tertiary/aromatic N) is 1. The molecule has 0 saturated carbocycles. The Morgan fingerprint density at radius 2 is 1.76 bits per heavy atom. The van der Waals surface area contributed by atoms with Crippen molar-refractivity contribution in [2.24, 2.45) is 5.92 Å². The first-order valence-electron chi connectivity index (χ1n) is 10.5. The zero-order chi connectivity index (χ0) is 20.8. The van der Waals surface area contributed by atoms with Crippen molar-refractivity contribution in [1.29, 1.82) is 0 Å². The Kier molecular flexibility index (Phi) is 5.21. The van der Waals surface area contributed by atoms with Crippen molar-refractivity contribution in [2.45, 2.75) is 39.0 Å². The summed E-state index contributed by atoms with van der Waals surface area (Å²) < 4.78 is 0. The lowest BCUT2D eigenvalue weighted by molar-refractivity contribution is 0.355. The summed E-state index contributed by atoms with van der Waals surface area (Å²) in [6.45, 7) is 14.8. The molecule has 2 unspecified atom stereocenters. The topological polar surface area (TPSA) is 3.24 Å². The molecule has 2 atom stereocenters. The molecule has 1 nitrogen and oxygen atoms in total. The van der Waals surface area contributed by atoms with Gasteiger partial charge in [0, 0.05) is 24.7 Å². The molecule has 0 spiro atoms. The summed E-state index contributed by atoms with van der Waals surface area (Å²) in [6.07, 6.45) is 5.54. The van der Waals surface area contributed by atoms with Gasteiger partial charge in [-0.05, 0) is 66.7 Å². The maximum Gasteiger partial charge on any atom is 0.0870 e. The van der Waals surface area contributed by atoms with Gasteiger partial charge in [0.05, 0.1) is 4.87 Å². The lowest BCUT2D eigenvalue weighted by Gasteiger charge is -2.45. The summed E-state index contributed by atoms with van der Waals surface area (Å²) in [5, 5.41) is 0. The van der Waals surface area contributed by atoms with Gasteiger partial charge >= 0.3 is 0 Å². The van der Waals surface area contributed by atoms with E-state index >= 15 is 0 Å². The molecule has 4 rings (SSSR count). The van der Waals surface area contributed by atoms with Gasteiger partial charge in [0.25, 0.3) is 0 Å². The van der Waals surface area contributed by atoms with E-state index in [2.05, 4.69) is 93.8 Å². The minimum Gasteiger partial charge on any atom is -0.366 e. The molecule has 0 saturated heterocycles. The molecule has 0 N–H and O–H groups in total. The standard InChI is InChI=1S/C27H30ClN/c1-18-6-9-23(10-7-18)25-12-14-27(28)17-29(15-13-26(27)21(25)4)22(5)24-11-8-19(2)20(3)16-24/h6-13,16,21H,5,14-15,17H2,1-4H3. The second kappa shape index (κ2) is 7.54. The SMILES string of the molecule is C=C(c1ccc(C)c(C)c1)N1CC=C2C(C)C(c3ccc(C)cc3)=CCC2(Cl)C1. The van der Waals surface area contributed by atoms with Gasteiger partial charge in [0.1, 0.15) is 0 Å². The molecular weight excluding hydrogens is 374 g/mol. The summed E-state index contributed by atoms with van der Waals surface area (Å²) in [5.41, 5.74) is 10.2. The zero-order valence-electron chi connectivity index (χ0n) is 17.9. The van der Waals surface area contributed by atoms with E-state index in [1.165, 1.54) is 39.0 Å². The van der Waals surface area contributed by atoms with Crippen LogP contribution in [0.2, 0.25) is 0 Å². The van der Waals surface area contributed by atoms with Gasteiger partial charge in [-0.1, -0.05) is 67.6 Å². The van der Waals surface area contributed by atoms with Crippen molar-refractivity contribution >= 4 is 22.9 Å². The van der Waals surface area contributed by atoms with Gasteiger partial charge in [-0.25, -0.2) is 0 Å². The minimum absolute atomic E-state index is 0.334. The molecule has 0 amide bonds. The normalized spacial score (nSPS) is 23.9. The monoisotopic (exact) mass is 403 g/mol. The Labute approximate surface area is 180 Å². The number of rotatable bonds is 3. The predicted octanol–water partition coefficient (Wildman–Crippen LogP) is 6.93. The van der Waals surface area contributed by atoms with Crippen molar-refractivity contribution in [2.75, 3.05) is 13.1 Å². The lowest BCUT2D eigenvalue weighted by Crippen LogP contribution is -2.46. The highest BCUT2D eigenvalue weighted by molar-refractivity contribution is 6.27. The predicted molar refractivity (Wildman–Crippen MR) is 126 cm³/mol. The van der Waals surface area contributed by atoms with Crippen LogP contribution < -0.4 is 0 Å². The number of halogens is 1. The second-order valence-electron chi connectivity index (χ2n) is 8.70. The van der Waals surface area contributed by atoms with E-state index < -0.39 is 0 Å². The van der Waals surface area contributed by atoms with E-state index in [9.17, 15) is 0 Å². The van der Waals surface area contributed by atoms with Crippen LogP contribution in [0.4, 0.5) is 0 Å². The first-order chi connectivity index (χ1) is 13.8. The quantitative estimate of drug-likeness (QED) is 0.397. The van der Waals surface area contributed by atoms with Crippen LogP contribution in [0.25, 0.3) is 11.3 Å². The third-order valence-corrected chi connectivity index (χ3v) is 7.17. The van der Waals surface area contributed by atoms with Crippen LogP contribution in [0, 0.1) is 26.7 Å². The Balaban J connectivity index is 1.58. The molecule has 29 heavy (non-hydrogen) atoms. The lowest BCUT2D eigenvalue weighted by atomic mass is 9.73. The molecule has 0 bridgehead atoms.